The maximum atomic E-state index is 12.4. The third kappa shape index (κ3) is 2.88. The Kier molecular flexibility index (Phi) is 3.90. The second-order valence-corrected chi connectivity index (χ2v) is 5.77. The molecule has 1 fully saturated rings. The highest BCUT2D eigenvalue weighted by Crippen LogP contribution is 2.30. The highest BCUT2D eigenvalue weighted by atomic mass is 16.5. The van der Waals surface area contributed by atoms with Crippen LogP contribution in [0, 0.1) is 5.92 Å². The SMILES string of the molecule is COc1ccc(C(=O)N2CCC(C(C)(C)O)C2)c(O)c1. The molecule has 1 aliphatic rings. The molecule has 2 rings (SSSR count). The predicted octanol–water partition coefficient (Wildman–Crippen LogP) is 1.63. The van der Waals surface area contributed by atoms with Crippen molar-refractivity contribution in [1.82, 2.24) is 4.90 Å². The van der Waals surface area contributed by atoms with Crippen molar-refractivity contribution in [3.8, 4) is 11.5 Å². The Morgan fingerprint density at radius 1 is 1.45 bits per heavy atom. The number of likely N-dealkylation sites (tertiary alicyclic amines) is 1. The molecule has 0 saturated carbocycles. The molecule has 5 nitrogen and oxygen atoms in total. The lowest BCUT2D eigenvalue weighted by molar-refractivity contribution is 0.0211. The smallest absolute Gasteiger partial charge is 0.257 e. The summed E-state index contributed by atoms with van der Waals surface area (Å²) in [5, 5.41) is 19.9. The minimum absolute atomic E-state index is 0.0619. The van der Waals surface area contributed by atoms with Crippen molar-refractivity contribution in [2.45, 2.75) is 25.9 Å². The average molecular weight is 279 g/mol. The van der Waals surface area contributed by atoms with Gasteiger partial charge >= 0.3 is 0 Å². The number of rotatable bonds is 3. The van der Waals surface area contributed by atoms with E-state index in [1.54, 1.807) is 30.9 Å². The van der Waals surface area contributed by atoms with Crippen molar-refractivity contribution in [2.24, 2.45) is 5.92 Å². The van der Waals surface area contributed by atoms with E-state index in [-0.39, 0.29) is 23.1 Å². The van der Waals surface area contributed by atoms with Crippen molar-refractivity contribution >= 4 is 5.91 Å². The molecular weight excluding hydrogens is 258 g/mol. The fourth-order valence-electron chi connectivity index (χ4n) is 2.51. The number of ether oxygens (including phenoxy) is 1. The monoisotopic (exact) mass is 279 g/mol. The van der Waals surface area contributed by atoms with E-state index in [4.69, 9.17) is 4.74 Å². The summed E-state index contributed by atoms with van der Waals surface area (Å²) in [4.78, 5) is 14.1. The van der Waals surface area contributed by atoms with Crippen LogP contribution in [0.25, 0.3) is 0 Å². The van der Waals surface area contributed by atoms with E-state index < -0.39 is 5.60 Å². The molecule has 0 radical (unpaired) electrons. The molecule has 1 unspecified atom stereocenters. The summed E-state index contributed by atoms with van der Waals surface area (Å²) in [5.74, 6) is 0.277. The molecule has 110 valence electrons. The minimum atomic E-state index is -0.795. The first-order valence-corrected chi connectivity index (χ1v) is 6.71. The highest BCUT2D eigenvalue weighted by molar-refractivity contribution is 5.97. The summed E-state index contributed by atoms with van der Waals surface area (Å²) < 4.78 is 5.00. The number of methoxy groups -OCH3 is 1. The van der Waals surface area contributed by atoms with Gasteiger partial charge in [0.05, 0.1) is 18.3 Å². The standard InChI is InChI=1S/C15H21NO4/c1-15(2,19)10-6-7-16(9-10)14(18)12-5-4-11(20-3)8-13(12)17/h4-5,8,10,17,19H,6-7,9H2,1-3H3. The van der Waals surface area contributed by atoms with Crippen molar-refractivity contribution in [3.63, 3.8) is 0 Å². The van der Waals surface area contributed by atoms with E-state index >= 15 is 0 Å². The normalized spacial score (nSPS) is 19.2. The van der Waals surface area contributed by atoms with Crippen LogP contribution >= 0.6 is 0 Å². The third-order valence-corrected chi connectivity index (χ3v) is 3.91. The first-order valence-electron chi connectivity index (χ1n) is 6.71. The summed E-state index contributed by atoms with van der Waals surface area (Å²) in [6, 6.07) is 4.64. The third-order valence-electron chi connectivity index (χ3n) is 3.91. The fraction of sp³-hybridized carbons (Fsp3) is 0.533. The van der Waals surface area contributed by atoms with Crippen molar-refractivity contribution < 1.29 is 19.7 Å². The summed E-state index contributed by atoms with van der Waals surface area (Å²) in [6.07, 6.45) is 0.770. The van der Waals surface area contributed by atoms with Gasteiger partial charge in [-0.15, -0.1) is 0 Å². The molecule has 0 aliphatic carbocycles. The van der Waals surface area contributed by atoms with Gasteiger partial charge in [-0.1, -0.05) is 0 Å². The van der Waals surface area contributed by atoms with Gasteiger partial charge in [-0.3, -0.25) is 4.79 Å². The van der Waals surface area contributed by atoms with Crippen LogP contribution in [0.2, 0.25) is 0 Å². The molecule has 20 heavy (non-hydrogen) atoms. The molecule has 0 bridgehead atoms. The number of carbonyl (C=O) groups is 1. The number of phenols is 1. The molecule has 1 aromatic rings. The van der Waals surface area contributed by atoms with E-state index in [9.17, 15) is 15.0 Å². The lowest BCUT2D eigenvalue weighted by Gasteiger charge is -2.25. The molecule has 5 heteroatoms. The van der Waals surface area contributed by atoms with Gasteiger partial charge in [0.2, 0.25) is 0 Å². The molecule has 0 spiro atoms. The molecule has 0 aromatic heterocycles. The van der Waals surface area contributed by atoms with Crippen LogP contribution < -0.4 is 4.74 Å². The Hall–Kier alpha value is -1.75. The summed E-state index contributed by atoms with van der Waals surface area (Å²) in [5.41, 5.74) is -0.529. The van der Waals surface area contributed by atoms with Crippen LogP contribution in [0.4, 0.5) is 0 Å². The first-order chi connectivity index (χ1) is 9.32. The van der Waals surface area contributed by atoms with Gasteiger partial charge in [0.15, 0.2) is 0 Å². The average Bonchev–Trinajstić information content (AvgIpc) is 2.87. The van der Waals surface area contributed by atoms with Crippen LogP contribution in [-0.4, -0.2) is 46.8 Å². The lowest BCUT2D eigenvalue weighted by atomic mass is 9.90. The number of aliphatic hydroxyl groups is 1. The number of amides is 1. The Labute approximate surface area is 118 Å². The molecule has 1 aliphatic heterocycles. The summed E-state index contributed by atoms with van der Waals surface area (Å²) in [6.45, 7) is 4.62. The maximum absolute atomic E-state index is 12.4. The van der Waals surface area contributed by atoms with E-state index in [2.05, 4.69) is 0 Å². The van der Waals surface area contributed by atoms with Crippen LogP contribution in [0.3, 0.4) is 0 Å². The Balaban J connectivity index is 2.13. The van der Waals surface area contributed by atoms with Crippen molar-refractivity contribution in [2.75, 3.05) is 20.2 Å². The number of benzene rings is 1. The largest absolute Gasteiger partial charge is 0.507 e. The Bertz CT molecular complexity index is 507. The quantitative estimate of drug-likeness (QED) is 0.882. The fourth-order valence-corrected chi connectivity index (χ4v) is 2.51. The lowest BCUT2D eigenvalue weighted by Crippen LogP contribution is -2.35. The van der Waals surface area contributed by atoms with Crippen LogP contribution in [0.15, 0.2) is 18.2 Å². The molecule has 1 atom stereocenters. The van der Waals surface area contributed by atoms with Crippen LogP contribution in [-0.2, 0) is 0 Å². The van der Waals surface area contributed by atoms with Gasteiger partial charge < -0.3 is 19.8 Å². The highest BCUT2D eigenvalue weighted by Gasteiger charge is 2.36. The molecular formula is C15H21NO4. The molecule has 1 saturated heterocycles. The number of hydrogen-bond acceptors (Lipinski definition) is 4. The number of hydrogen-bond donors (Lipinski definition) is 2. The Morgan fingerprint density at radius 3 is 2.65 bits per heavy atom. The van der Waals surface area contributed by atoms with Gasteiger partial charge in [0, 0.05) is 25.1 Å². The van der Waals surface area contributed by atoms with Gasteiger partial charge in [-0.05, 0) is 32.4 Å². The zero-order valence-corrected chi connectivity index (χ0v) is 12.1. The Morgan fingerprint density at radius 2 is 2.15 bits per heavy atom. The minimum Gasteiger partial charge on any atom is -0.507 e. The zero-order chi connectivity index (χ0) is 14.9. The second-order valence-electron chi connectivity index (χ2n) is 5.77. The van der Waals surface area contributed by atoms with Crippen LogP contribution in [0.1, 0.15) is 30.6 Å². The first kappa shape index (κ1) is 14.7. The molecule has 1 amide bonds. The summed E-state index contributed by atoms with van der Waals surface area (Å²) in [7, 11) is 1.50. The topological polar surface area (TPSA) is 70.0 Å². The van der Waals surface area contributed by atoms with Crippen LogP contribution in [0.5, 0.6) is 11.5 Å². The molecule has 1 aromatic carbocycles. The molecule has 2 N–H and O–H groups in total. The van der Waals surface area contributed by atoms with Gasteiger partial charge in [0.1, 0.15) is 11.5 Å². The molecule has 1 heterocycles. The van der Waals surface area contributed by atoms with Gasteiger partial charge in [0.25, 0.3) is 5.91 Å². The van der Waals surface area contributed by atoms with E-state index in [1.807, 2.05) is 0 Å². The van der Waals surface area contributed by atoms with E-state index in [1.165, 1.54) is 13.2 Å². The number of phenolic OH excluding ortho intramolecular Hbond substituents is 1. The van der Waals surface area contributed by atoms with Crippen molar-refractivity contribution in [1.29, 1.82) is 0 Å². The second kappa shape index (κ2) is 5.32. The number of aromatic hydroxyl groups is 1. The van der Waals surface area contributed by atoms with Gasteiger partial charge in [-0.2, -0.15) is 0 Å². The van der Waals surface area contributed by atoms with Crippen molar-refractivity contribution in [3.05, 3.63) is 23.8 Å². The summed E-state index contributed by atoms with van der Waals surface area (Å²) >= 11 is 0. The van der Waals surface area contributed by atoms with E-state index in [0.29, 0.717) is 18.8 Å². The maximum Gasteiger partial charge on any atom is 0.257 e. The predicted molar refractivity (Wildman–Crippen MR) is 75.0 cm³/mol. The zero-order valence-electron chi connectivity index (χ0n) is 12.1. The van der Waals surface area contributed by atoms with E-state index in [0.717, 1.165) is 6.42 Å². The number of carbonyl (C=O) groups excluding carboxylic acids is 1. The van der Waals surface area contributed by atoms with Gasteiger partial charge in [-0.25, -0.2) is 0 Å². The number of nitrogens with zero attached hydrogens (tertiary/aromatic N) is 1.